The van der Waals surface area contributed by atoms with Crippen molar-refractivity contribution in [3.8, 4) is 0 Å². The Balaban J connectivity index is 2.03. The van der Waals surface area contributed by atoms with E-state index in [0.29, 0.717) is 11.6 Å². The van der Waals surface area contributed by atoms with Crippen molar-refractivity contribution in [2.45, 2.75) is 26.3 Å². The number of rotatable bonds is 6. The van der Waals surface area contributed by atoms with E-state index in [-0.39, 0.29) is 23.7 Å². The van der Waals surface area contributed by atoms with Gasteiger partial charge in [0.15, 0.2) is 0 Å². The molecule has 2 N–H and O–H groups in total. The number of hydrogen-bond donors (Lipinski definition) is 2. The SMILES string of the molecule is CCNCC1CCN(c2cnn(CCO)c(=O)c2Cl)CC1. The number of aliphatic hydroxyl groups excluding tert-OH is 1. The Kier molecular flexibility index (Phi) is 6.02. The molecule has 21 heavy (non-hydrogen) atoms. The fraction of sp³-hybridized carbons (Fsp3) is 0.714. The predicted octanol–water partition coefficient (Wildman–Crippen LogP) is 0.715. The zero-order valence-electron chi connectivity index (χ0n) is 12.4. The van der Waals surface area contributed by atoms with E-state index in [4.69, 9.17) is 16.7 Å². The van der Waals surface area contributed by atoms with Crippen LogP contribution in [0.15, 0.2) is 11.0 Å². The summed E-state index contributed by atoms with van der Waals surface area (Å²) in [6.07, 6.45) is 3.80. The van der Waals surface area contributed by atoms with Gasteiger partial charge < -0.3 is 15.3 Å². The maximum atomic E-state index is 12.0. The molecule has 1 aromatic heterocycles. The van der Waals surface area contributed by atoms with Crippen molar-refractivity contribution in [3.05, 3.63) is 21.6 Å². The highest BCUT2D eigenvalue weighted by molar-refractivity contribution is 6.33. The van der Waals surface area contributed by atoms with Crippen molar-refractivity contribution < 1.29 is 5.11 Å². The molecule has 0 atom stereocenters. The van der Waals surface area contributed by atoms with Crippen LogP contribution >= 0.6 is 11.6 Å². The number of nitrogens with one attached hydrogen (secondary N) is 1. The van der Waals surface area contributed by atoms with Crippen molar-refractivity contribution >= 4 is 17.3 Å². The first-order chi connectivity index (χ1) is 10.2. The highest BCUT2D eigenvalue weighted by Crippen LogP contribution is 2.26. The minimum atomic E-state index is -0.335. The first-order valence-corrected chi connectivity index (χ1v) is 7.87. The number of halogens is 1. The molecule has 1 fully saturated rings. The maximum absolute atomic E-state index is 12.0. The van der Waals surface area contributed by atoms with E-state index < -0.39 is 0 Å². The highest BCUT2D eigenvalue weighted by atomic mass is 35.5. The van der Waals surface area contributed by atoms with Crippen LogP contribution < -0.4 is 15.8 Å². The second kappa shape index (κ2) is 7.77. The number of hydrogen-bond acceptors (Lipinski definition) is 5. The molecule has 0 aromatic carbocycles. The van der Waals surface area contributed by atoms with Gasteiger partial charge in [0.25, 0.3) is 5.56 Å². The topological polar surface area (TPSA) is 70.4 Å². The average Bonchev–Trinajstić information content (AvgIpc) is 2.51. The van der Waals surface area contributed by atoms with Gasteiger partial charge in [-0.3, -0.25) is 4.79 Å². The van der Waals surface area contributed by atoms with Crippen molar-refractivity contribution in [1.82, 2.24) is 15.1 Å². The highest BCUT2D eigenvalue weighted by Gasteiger charge is 2.22. The van der Waals surface area contributed by atoms with Crippen molar-refractivity contribution in [1.29, 1.82) is 0 Å². The van der Waals surface area contributed by atoms with Gasteiger partial charge in [-0.1, -0.05) is 18.5 Å². The summed E-state index contributed by atoms with van der Waals surface area (Å²) in [5, 5.41) is 16.6. The Hall–Kier alpha value is -1.11. The normalized spacial score (nSPS) is 16.4. The summed E-state index contributed by atoms with van der Waals surface area (Å²) in [5.41, 5.74) is 0.371. The van der Waals surface area contributed by atoms with E-state index in [0.717, 1.165) is 39.0 Å². The minimum absolute atomic E-state index is 0.127. The van der Waals surface area contributed by atoms with Gasteiger partial charge in [0, 0.05) is 13.1 Å². The van der Waals surface area contributed by atoms with Crippen LogP contribution in [0.25, 0.3) is 0 Å². The number of anilines is 1. The third-order valence-electron chi connectivity index (χ3n) is 3.92. The van der Waals surface area contributed by atoms with Crippen LogP contribution in [0.1, 0.15) is 19.8 Å². The van der Waals surface area contributed by atoms with Gasteiger partial charge >= 0.3 is 0 Å². The summed E-state index contributed by atoms with van der Waals surface area (Å²) in [5.74, 6) is 0.683. The molecule has 1 aliphatic rings. The summed E-state index contributed by atoms with van der Waals surface area (Å²) < 4.78 is 1.20. The van der Waals surface area contributed by atoms with Gasteiger partial charge in [-0.2, -0.15) is 5.10 Å². The first-order valence-electron chi connectivity index (χ1n) is 7.49. The summed E-state index contributed by atoms with van der Waals surface area (Å²) in [6.45, 7) is 5.99. The number of aliphatic hydroxyl groups is 1. The average molecular weight is 315 g/mol. The maximum Gasteiger partial charge on any atom is 0.287 e. The second-order valence-electron chi connectivity index (χ2n) is 5.33. The van der Waals surface area contributed by atoms with E-state index in [1.165, 1.54) is 4.68 Å². The van der Waals surface area contributed by atoms with Gasteiger partial charge in [0.05, 0.1) is 25.0 Å². The summed E-state index contributed by atoms with van der Waals surface area (Å²) in [4.78, 5) is 14.2. The lowest BCUT2D eigenvalue weighted by Gasteiger charge is -2.33. The van der Waals surface area contributed by atoms with Gasteiger partial charge in [0.1, 0.15) is 5.02 Å². The molecule has 1 aliphatic heterocycles. The van der Waals surface area contributed by atoms with Crippen LogP contribution in [0.4, 0.5) is 5.69 Å². The Morgan fingerprint density at radius 3 is 2.81 bits per heavy atom. The summed E-state index contributed by atoms with van der Waals surface area (Å²) in [7, 11) is 0. The third-order valence-corrected chi connectivity index (χ3v) is 4.27. The molecule has 0 unspecified atom stereocenters. The monoisotopic (exact) mass is 314 g/mol. The van der Waals surface area contributed by atoms with E-state index in [1.807, 2.05) is 0 Å². The van der Waals surface area contributed by atoms with Gasteiger partial charge in [0.2, 0.25) is 0 Å². The molecule has 2 rings (SSSR count). The van der Waals surface area contributed by atoms with E-state index in [1.54, 1.807) is 6.20 Å². The minimum Gasteiger partial charge on any atom is -0.394 e. The molecule has 0 radical (unpaired) electrons. The lowest BCUT2D eigenvalue weighted by Crippen LogP contribution is -2.38. The van der Waals surface area contributed by atoms with Crippen molar-refractivity contribution in [2.24, 2.45) is 5.92 Å². The smallest absolute Gasteiger partial charge is 0.287 e. The molecule has 1 saturated heterocycles. The van der Waals surface area contributed by atoms with E-state index in [2.05, 4.69) is 22.2 Å². The second-order valence-corrected chi connectivity index (χ2v) is 5.71. The molecule has 0 saturated carbocycles. The first kappa shape index (κ1) is 16.3. The van der Waals surface area contributed by atoms with Gasteiger partial charge in [-0.15, -0.1) is 0 Å². The molecule has 2 heterocycles. The fourth-order valence-corrected chi connectivity index (χ4v) is 2.92. The summed E-state index contributed by atoms with van der Waals surface area (Å²) >= 11 is 6.18. The standard InChI is InChI=1S/C14H23ClN4O2/c1-2-16-9-11-3-5-18(6-4-11)12-10-17-19(7-8-20)14(21)13(12)15/h10-11,16,20H,2-9H2,1H3. The zero-order chi connectivity index (χ0) is 15.2. The molecule has 7 heteroatoms. The number of piperidine rings is 1. The van der Waals surface area contributed by atoms with Crippen LogP contribution in [-0.4, -0.2) is 47.7 Å². The van der Waals surface area contributed by atoms with Crippen LogP contribution in [0.2, 0.25) is 5.02 Å². The van der Waals surface area contributed by atoms with Crippen LogP contribution in [-0.2, 0) is 6.54 Å². The van der Waals surface area contributed by atoms with Crippen molar-refractivity contribution in [3.63, 3.8) is 0 Å². The molecule has 0 aliphatic carbocycles. The van der Waals surface area contributed by atoms with Crippen LogP contribution in [0.5, 0.6) is 0 Å². The van der Waals surface area contributed by atoms with E-state index >= 15 is 0 Å². The molecule has 6 nitrogen and oxygen atoms in total. The molecule has 0 spiro atoms. The quantitative estimate of drug-likeness (QED) is 0.809. The Morgan fingerprint density at radius 2 is 2.19 bits per heavy atom. The fourth-order valence-electron chi connectivity index (χ4n) is 2.66. The molecule has 1 aromatic rings. The van der Waals surface area contributed by atoms with Crippen molar-refractivity contribution in [2.75, 3.05) is 37.7 Å². The predicted molar refractivity (Wildman–Crippen MR) is 84.1 cm³/mol. The summed E-state index contributed by atoms with van der Waals surface area (Å²) in [6, 6.07) is 0. The van der Waals surface area contributed by atoms with Crippen LogP contribution in [0.3, 0.4) is 0 Å². The Morgan fingerprint density at radius 1 is 1.48 bits per heavy atom. The zero-order valence-corrected chi connectivity index (χ0v) is 13.1. The molecular formula is C14H23ClN4O2. The molecule has 118 valence electrons. The van der Waals surface area contributed by atoms with E-state index in [9.17, 15) is 4.79 Å². The lowest BCUT2D eigenvalue weighted by atomic mass is 9.96. The third kappa shape index (κ3) is 3.96. The largest absolute Gasteiger partial charge is 0.394 e. The number of nitrogens with zero attached hydrogens (tertiary/aromatic N) is 3. The Labute approximate surface area is 129 Å². The van der Waals surface area contributed by atoms with Crippen LogP contribution in [0, 0.1) is 5.92 Å². The Bertz CT molecular complexity index is 512. The molecule has 0 amide bonds. The van der Waals surface area contributed by atoms with Gasteiger partial charge in [-0.05, 0) is 31.8 Å². The number of aromatic nitrogens is 2. The van der Waals surface area contributed by atoms with Gasteiger partial charge in [-0.25, -0.2) is 4.68 Å². The molecular weight excluding hydrogens is 292 g/mol. The molecule has 0 bridgehead atoms. The lowest BCUT2D eigenvalue weighted by molar-refractivity contribution is 0.266.